The van der Waals surface area contributed by atoms with Crippen LogP contribution in [0.15, 0.2) is 29.5 Å². The molecule has 0 radical (unpaired) electrons. The highest BCUT2D eigenvalue weighted by molar-refractivity contribution is 6.14. The zero-order valence-corrected chi connectivity index (χ0v) is 14.8. The highest BCUT2D eigenvalue weighted by Crippen LogP contribution is 2.34. The van der Waals surface area contributed by atoms with Crippen LogP contribution in [0.2, 0.25) is 0 Å². The lowest BCUT2D eigenvalue weighted by molar-refractivity contribution is 0.416. The van der Waals surface area contributed by atoms with Gasteiger partial charge in [-0.05, 0) is 30.9 Å². The minimum absolute atomic E-state index is 0.0110. The summed E-state index contributed by atoms with van der Waals surface area (Å²) in [7, 11) is 0. The molecule has 3 heterocycles. The summed E-state index contributed by atoms with van der Waals surface area (Å²) < 4.78 is 0. The lowest BCUT2D eigenvalue weighted by Crippen LogP contribution is -2.52. The molecule has 9 nitrogen and oxygen atoms in total. The molecule has 9 heteroatoms. The molecule has 0 spiro atoms. The third-order valence-electron chi connectivity index (χ3n) is 4.82. The molecule has 2 fully saturated rings. The standard InChI is InChI=1S/C18H22N8O/c19-5-6-22-23-13-9-16(27)18(21-10-13)14-3-4-17(25-24-14)26-8-7-20-15(11-26)12-1-2-12/h3-6,9-10,12,15,19-20,23,27H,1-2,7-8,11H2/b19-5?,22-6-. The van der Waals surface area contributed by atoms with Crippen LogP contribution in [0, 0.1) is 11.3 Å². The average Bonchev–Trinajstić information content (AvgIpc) is 3.54. The Bertz CT molecular complexity index is 834. The van der Waals surface area contributed by atoms with E-state index in [0.717, 1.165) is 37.6 Å². The molecule has 1 saturated carbocycles. The molecule has 4 rings (SSSR count). The molecule has 1 saturated heterocycles. The van der Waals surface area contributed by atoms with Gasteiger partial charge in [0, 0.05) is 38.0 Å². The predicted molar refractivity (Wildman–Crippen MR) is 105 cm³/mol. The molecular formula is C18H22N8O. The van der Waals surface area contributed by atoms with Crippen molar-refractivity contribution < 1.29 is 5.11 Å². The summed E-state index contributed by atoms with van der Waals surface area (Å²) >= 11 is 0. The second-order valence-corrected chi connectivity index (χ2v) is 6.77. The summed E-state index contributed by atoms with van der Waals surface area (Å²) in [6.07, 6.45) is 6.52. The number of pyridine rings is 1. The molecule has 1 aliphatic heterocycles. The van der Waals surface area contributed by atoms with E-state index in [4.69, 9.17) is 5.41 Å². The highest BCUT2D eigenvalue weighted by Gasteiger charge is 2.34. The average molecular weight is 366 g/mol. The van der Waals surface area contributed by atoms with Gasteiger partial charge in [-0.3, -0.25) is 5.43 Å². The maximum absolute atomic E-state index is 10.2. The first-order valence-electron chi connectivity index (χ1n) is 9.04. The van der Waals surface area contributed by atoms with E-state index in [2.05, 4.69) is 35.9 Å². The van der Waals surface area contributed by atoms with E-state index in [9.17, 15) is 5.11 Å². The van der Waals surface area contributed by atoms with Gasteiger partial charge in [0.2, 0.25) is 0 Å². The Hall–Kier alpha value is -3.07. The fourth-order valence-corrected chi connectivity index (χ4v) is 3.28. The summed E-state index contributed by atoms with van der Waals surface area (Å²) in [6.45, 7) is 2.83. The van der Waals surface area contributed by atoms with Gasteiger partial charge in [-0.25, -0.2) is 4.98 Å². The smallest absolute Gasteiger partial charge is 0.151 e. The summed E-state index contributed by atoms with van der Waals surface area (Å²) in [4.78, 5) is 6.51. The van der Waals surface area contributed by atoms with Crippen LogP contribution in [-0.4, -0.2) is 58.4 Å². The number of piperazine rings is 1. The van der Waals surface area contributed by atoms with Gasteiger partial charge in [-0.2, -0.15) is 5.10 Å². The number of hydrazone groups is 1. The molecule has 2 aromatic rings. The predicted octanol–water partition coefficient (Wildman–Crippen LogP) is 1.48. The molecular weight excluding hydrogens is 344 g/mol. The van der Waals surface area contributed by atoms with Gasteiger partial charge in [0.1, 0.15) is 17.1 Å². The third-order valence-corrected chi connectivity index (χ3v) is 4.82. The van der Waals surface area contributed by atoms with Crippen LogP contribution < -0.4 is 15.6 Å². The van der Waals surface area contributed by atoms with E-state index in [-0.39, 0.29) is 5.75 Å². The van der Waals surface area contributed by atoms with Crippen LogP contribution in [0.5, 0.6) is 5.75 Å². The number of hydrogen-bond donors (Lipinski definition) is 4. The number of aromatic nitrogens is 3. The molecule has 1 atom stereocenters. The SMILES string of the molecule is N=C/C=N\Nc1cnc(-c2ccc(N3CCNC(C4CC4)C3)nn2)c(O)c1. The Balaban J connectivity index is 1.47. The van der Waals surface area contributed by atoms with Gasteiger partial charge >= 0.3 is 0 Å². The Morgan fingerprint density at radius 2 is 2.22 bits per heavy atom. The second kappa shape index (κ2) is 7.67. The highest BCUT2D eigenvalue weighted by atomic mass is 16.3. The van der Waals surface area contributed by atoms with Crippen molar-refractivity contribution in [3.05, 3.63) is 24.4 Å². The van der Waals surface area contributed by atoms with E-state index < -0.39 is 0 Å². The van der Waals surface area contributed by atoms with Crippen molar-refractivity contribution in [3.8, 4) is 17.1 Å². The summed E-state index contributed by atoms with van der Waals surface area (Å²) in [5.41, 5.74) is 4.08. The van der Waals surface area contributed by atoms with E-state index in [0.29, 0.717) is 23.1 Å². The van der Waals surface area contributed by atoms with Crippen molar-refractivity contribution in [2.75, 3.05) is 30.0 Å². The first-order chi connectivity index (χ1) is 13.2. The summed E-state index contributed by atoms with van der Waals surface area (Å²) in [6, 6.07) is 5.81. The molecule has 0 amide bonds. The van der Waals surface area contributed by atoms with Crippen molar-refractivity contribution in [3.63, 3.8) is 0 Å². The van der Waals surface area contributed by atoms with Gasteiger partial charge in [-0.1, -0.05) is 0 Å². The number of nitrogens with one attached hydrogen (secondary N) is 3. The van der Waals surface area contributed by atoms with Crippen molar-refractivity contribution in [1.82, 2.24) is 20.5 Å². The van der Waals surface area contributed by atoms with Gasteiger partial charge in [0.15, 0.2) is 5.82 Å². The first-order valence-corrected chi connectivity index (χ1v) is 9.04. The van der Waals surface area contributed by atoms with Crippen LogP contribution in [0.4, 0.5) is 11.5 Å². The second-order valence-electron chi connectivity index (χ2n) is 6.77. The van der Waals surface area contributed by atoms with E-state index in [1.54, 1.807) is 6.20 Å². The maximum atomic E-state index is 10.2. The minimum atomic E-state index is -0.0110. The zero-order chi connectivity index (χ0) is 18.6. The number of hydrogen-bond acceptors (Lipinski definition) is 9. The summed E-state index contributed by atoms with van der Waals surface area (Å²) in [5.74, 6) is 1.64. The Labute approximate surface area is 157 Å². The monoisotopic (exact) mass is 366 g/mol. The van der Waals surface area contributed by atoms with Crippen LogP contribution >= 0.6 is 0 Å². The molecule has 1 aliphatic carbocycles. The summed E-state index contributed by atoms with van der Waals surface area (Å²) in [5, 5.41) is 33.1. The first kappa shape index (κ1) is 17.3. The van der Waals surface area contributed by atoms with E-state index in [1.165, 1.54) is 25.1 Å². The van der Waals surface area contributed by atoms with Crippen molar-refractivity contribution >= 4 is 23.9 Å². The van der Waals surface area contributed by atoms with Gasteiger partial charge < -0.3 is 20.7 Å². The van der Waals surface area contributed by atoms with Crippen LogP contribution in [0.3, 0.4) is 0 Å². The van der Waals surface area contributed by atoms with Crippen molar-refractivity contribution in [1.29, 1.82) is 5.41 Å². The largest absolute Gasteiger partial charge is 0.506 e. The fourth-order valence-electron chi connectivity index (χ4n) is 3.28. The van der Waals surface area contributed by atoms with Crippen molar-refractivity contribution in [2.24, 2.45) is 11.0 Å². The Morgan fingerprint density at radius 1 is 1.33 bits per heavy atom. The quantitative estimate of drug-likeness (QED) is 0.451. The topological polar surface area (TPSA) is 122 Å². The fraction of sp³-hybridized carbons (Fsp3) is 0.389. The number of aromatic hydroxyl groups is 1. The molecule has 1 unspecified atom stereocenters. The molecule has 2 aromatic heterocycles. The lowest BCUT2D eigenvalue weighted by atomic mass is 10.1. The van der Waals surface area contributed by atoms with Crippen LogP contribution in [0.25, 0.3) is 11.4 Å². The van der Waals surface area contributed by atoms with E-state index >= 15 is 0 Å². The molecule has 2 aliphatic rings. The van der Waals surface area contributed by atoms with Gasteiger partial charge in [0.05, 0.1) is 18.1 Å². The lowest BCUT2D eigenvalue weighted by Gasteiger charge is -2.34. The molecule has 4 N–H and O–H groups in total. The van der Waals surface area contributed by atoms with Crippen LogP contribution in [-0.2, 0) is 0 Å². The zero-order valence-electron chi connectivity index (χ0n) is 14.8. The van der Waals surface area contributed by atoms with Gasteiger partial charge in [-0.15, -0.1) is 10.2 Å². The molecule has 140 valence electrons. The van der Waals surface area contributed by atoms with Gasteiger partial charge in [0.25, 0.3) is 0 Å². The number of anilines is 2. The normalized spacial score (nSPS) is 20.0. The maximum Gasteiger partial charge on any atom is 0.151 e. The Morgan fingerprint density at radius 3 is 2.93 bits per heavy atom. The molecule has 0 aromatic carbocycles. The van der Waals surface area contributed by atoms with Crippen molar-refractivity contribution in [2.45, 2.75) is 18.9 Å². The Kier molecular flexibility index (Phi) is 4.93. The number of nitrogens with zero attached hydrogens (tertiary/aromatic N) is 5. The minimum Gasteiger partial charge on any atom is -0.506 e. The van der Waals surface area contributed by atoms with E-state index in [1.807, 2.05) is 12.1 Å². The van der Waals surface area contributed by atoms with Crippen LogP contribution in [0.1, 0.15) is 12.8 Å². The molecule has 0 bridgehead atoms. The third kappa shape index (κ3) is 4.03. The number of rotatable bonds is 6. The molecule has 27 heavy (non-hydrogen) atoms.